The van der Waals surface area contributed by atoms with Crippen molar-refractivity contribution in [1.82, 2.24) is 10.3 Å². The summed E-state index contributed by atoms with van der Waals surface area (Å²) in [6.45, 7) is 2.88. The molecule has 2 amide bonds. The Morgan fingerprint density at radius 1 is 1.29 bits per heavy atom. The van der Waals surface area contributed by atoms with Gasteiger partial charge in [-0.1, -0.05) is 0 Å². The van der Waals surface area contributed by atoms with Gasteiger partial charge in [0, 0.05) is 24.9 Å². The second-order valence-electron chi connectivity index (χ2n) is 9.14. The number of benzene rings is 1. The number of hydrogen-bond donors (Lipinski definition) is 1. The average Bonchev–Trinajstić information content (AvgIpc) is 3.06. The van der Waals surface area contributed by atoms with Crippen molar-refractivity contribution >= 4 is 40.5 Å². The molecule has 180 valence electrons. The largest absolute Gasteiger partial charge is 0.381 e. The van der Waals surface area contributed by atoms with Gasteiger partial charge in [-0.3, -0.25) is 14.5 Å². The van der Waals surface area contributed by atoms with Crippen LogP contribution in [0.3, 0.4) is 0 Å². The highest BCUT2D eigenvalue weighted by Crippen LogP contribution is 2.48. The minimum Gasteiger partial charge on any atom is -0.381 e. The second-order valence-corrected chi connectivity index (χ2v) is 9.50. The standard InChI is InChI=1S/C25H24FN5O3S/c1-15-11-18(14-28-21(15)13-27)30-23(33)25(7-2-8-25)31(24(30)35)17-3-4-19(20(26)12-17)22(32)29-16-5-9-34-10-6-16/h3-4,11-12,14,16H,2,5-10H2,1H3,(H,29,32). The molecule has 2 aromatic rings. The molecule has 35 heavy (non-hydrogen) atoms. The van der Waals surface area contributed by atoms with E-state index in [1.165, 1.54) is 23.2 Å². The summed E-state index contributed by atoms with van der Waals surface area (Å²) in [5.41, 5.74) is 0.855. The molecule has 1 aliphatic carbocycles. The number of rotatable bonds is 4. The number of ether oxygens (including phenoxy) is 1. The van der Waals surface area contributed by atoms with Crippen LogP contribution in [-0.4, -0.2) is 46.7 Å². The highest BCUT2D eigenvalue weighted by molar-refractivity contribution is 7.81. The Kier molecular flexibility index (Phi) is 5.99. The fourth-order valence-electron chi connectivity index (χ4n) is 4.94. The van der Waals surface area contributed by atoms with Crippen LogP contribution in [0.15, 0.2) is 30.5 Å². The zero-order chi connectivity index (χ0) is 24.7. The molecule has 1 spiro atoms. The fraction of sp³-hybridized carbons (Fsp3) is 0.400. The Labute approximate surface area is 207 Å². The zero-order valence-corrected chi connectivity index (χ0v) is 20.0. The average molecular weight is 494 g/mol. The smallest absolute Gasteiger partial charge is 0.259 e. The van der Waals surface area contributed by atoms with Gasteiger partial charge in [0.25, 0.3) is 11.8 Å². The molecule has 0 unspecified atom stereocenters. The number of nitrogens with one attached hydrogen (secondary N) is 1. The molecule has 3 heterocycles. The van der Waals surface area contributed by atoms with Gasteiger partial charge < -0.3 is 15.0 Å². The van der Waals surface area contributed by atoms with Gasteiger partial charge in [0.1, 0.15) is 23.1 Å². The van der Waals surface area contributed by atoms with Gasteiger partial charge in [-0.15, -0.1) is 0 Å². The number of hydrogen-bond acceptors (Lipinski definition) is 6. The van der Waals surface area contributed by atoms with Crippen molar-refractivity contribution in [2.75, 3.05) is 23.0 Å². The summed E-state index contributed by atoms with van der Waals surface area (Å²) in [4.78, 5) is 33.5. The monoisotopic (exact) mass is 493 g/mol. The van der Waals surface area contributed by atoms with Crippen molar-refractivity contribution in [1.29, 1.82) is 5.26 Å². The molecule has 2 aliphatic heterocycles. The van der Waals surface area contributed by atoms with E-state index in [4.69, 9.17) is 17.0 Å². The van der Waals surface area contributed by atoms with E-state index in [1.807, 2.05) is 6.07 Å². The van der Waals surface area contributed by atoms with E-state index in [-0.39, 0.29) is 28.3 Å². The lowest BCUT2D eigenvalue weighted by atomic mass is 9.75. The summed E-state index contributed by atoms with van der Waals surface area (Å²) >= 11 is 5.72. The van der Waals surface area contributed by atoms with E-state index in [9.17, 15) is 14.9 Å². The third-order valence-electron chi connectivity index (χ3n) is 7.03. The van der Waals surface area contributed by atoms with Gasteiger partial charge in [0.2, 0.25) is 0 Å². The molecule has 10 heteroatoms. The van der Waals surface area contributed by atoms with Crippen molar-refractivity contribution in [3.05, 3.63) is 53.1 Å². The Bertz CT molecular complexity index is 1270. The third-order valence-corrected chi connectivity index (χ3v) is 7.40. The van der Waals surface area contributed by atoms with E-state index in [2.05, 4.69) is 10.3 Å². The first-order valence-corrected chi connectivity index (χ1v) is 12.0. The molecule has 8 nitrogen and oxygen atoms in total. The van der Waals surface area contributed by atoms with Gasteiger partial charge in [-0.25, -0.2) is 9.37 Å². The highest BCUT2D eigenvalue weighted by atomic mass is 32.1. The maximum atomic E-state index is 15.2. The van der Waals surface area contributed by atoms with Crippen molar-refractivity contribution in [3.8, 4) is 6.07 Å². The lowest BCUT2D eigenvalue weighted by molar-refractivity contribution is -0.123. The molecule has 0 radical (unpaired) electrons. The number of aromatic nitrogens is 1. The lowest BCUT2D eigenvalue weighted by Gasteiger charge is -2.43. The van der Waals surface area contributed by atoms with Gasteiger partial charge in [0.15, 0.2) is 5.11 Å². The predicted molar refractivity (Wildman–Crippen MR) is 131 cm³/mol. The Morgan fingerprint density at radius 3 is 2.63 bits per heavy atom. The summed E-state index contributed by atoms with van der Waals surface area (Å²) in [5.74, 6) is -1.34. The van der Waals surface area contributed by atoms with Crippen LogP contribution in [0.1, 0.15) is 53.7 Å². The van der Waals surface area contributed by atoms with Crippen molar-refractivity contribution in [2.45, 2.75) is 50.6 Å². The molecule has 1 aromatic carbocycles. The third kappa shape index (κ3) is 3.85. The van der Waals surface area contributed by atoms with E-state index < -0.39 is 17.3 Å². The normalized spacial score (nSPS) is 19.6. The predicted octanol–water partition coefficient (Wildman–Crippen LogP) is 3.37. The van der Waals surface area contributed by atoms with Gasteiger partial charge in [0.05, 0.1) is 17.4 Å². The fourth-order valence-corrected chi connectivity index (χ4v) is 5.41. The minimum atomic E-state index is -0.892. The lowest BCUT2D eigenvalue weighted by Crippen LogP contribution is -2.55. The number of anilines is 2. The Hall–Kier alpha value is -3.42. The molecule has 5 rings (SSSR count). The van der Waals surface area contributed by atoms with Gasteiger partial charge in [-0.2, -0.15) is 5.26 Å². The van der Waals surface area contributed by atoms with E-state index in [0.29, 0.717) is 55.8 Å². The minimum absolute atomic E-state index is 0.0459. The number of aryl methyl sites for hydroxylation is 1. The number of carbonyl (C=O) groups is 2. The van der Waals surface area contributed by atoms with Gasteiger partial charge in [-0.05, 0) is 81.1 Å². The summed E-state index contributed by atoms with van der Waals surface area (Å²) in [7, 11) is 0. The molecule has 1 N–H and O–H groups in total. The van der Waals surface area contributed by atoms with Crippen molar-refractivity contribution in [2.24, 2.45) is 0 Å². The maximum Gasteiger partial charge on any atom is 0.259 e. The summed E-state index contributed by atoms with van der Waals surface area (Å²) in [6.07, 6.45) is 4.85. The second kappa shape index (κ2) is 8.98. The topological polar surface area (TPSA) is 98.6 Å². The molecule has 0 atom stereocenters. The SMILES string of the molecule is Cc1cc(N2C(=O)C3(CCC3)N(c3ccc(C(=O)NC4CCOCC4)c(F)c3)C2=S)cnc1C#N. The van der Waals surface area contributed by atoms with Crippen LogP contribution in [0.2, 0.25) is 0 Å². The van der Waals surface area contributed by atoms with Crippen LogP contribution >= 0.6 is 12.2 Å². The maximum absolute atomic E-state index is 15.2. The quantitative estimate of drug-likeness (QED) is 0.652. The molecule has 3 aliphatic rings. The summed E-state index contributed by atoms with van der Waals surface area (Å²) < 4.78 is 20.5. The summed E-state index contributed by atoms with van der Waals surface area (Å²) in [6, 6.07) is 8.01. The first kappa shape index (κ1) is 23.3. The van der Waals surface area contributed by atoms with Crippen LogP contribution in [0.4, 0.5) is 15.8 Å². The molecule has 2 saturated heterocycles. The number of halogens is 1. The van der Waals surface area contributed by atoms with Crippen LogP contribution in [0, 0.1) is 24.1 Å². The highest BCUT2D eigenvalue weighted by Gasteiger charge is 2.59. The Morgan fingerprint density at radius 2 is 2.03 bits per heavy atom. The number of nitrogens with zero attached hydrogens (tertiary/aromatic N) is 4. The van der Waals surface area contributed by atoms with E-state index in [0.717, 1.165) is 6.42 Å². The number of carbonyl (C=O) groups excluding carboxylic acids is 2. The van der Waals surface area contributed by atoms with Crippen LogP contribution in [-0.2, 0) is 9.53 Å². The van der Waals surface area contributed by atoms with Crippen molar-refractivity contribution in [3.63, 3.8) is 0 Å². The number of pyridine rings is 1. The van der Waals surface area contributed by atoms with Crippen molar-refractivity contribution < 1.29 is 18.7 Å². The Balaban J connectivity index is 1.44. The van der Waals surface area contributed by atoms with Crippen LogP contribution in [0.5, 0.6) is 0 Å². The zero-order valence-electron chi connectivity index (χ0n) is 19.2. The molecule has 1 aromatic heterocycles. The molecule has 0 bridgehead atoms. The molecular formula is C25H24FN5O3S. The van der Waals surface area contributed by atoms with Crippen LogP contribution < -0.4 is 15.1 Å². The number of amides is 2. The first-order chi connectivity index (χ1) is 16.9. The molecule has 3 fully saturated rings. The van der Waals surface area contributed by atoms with E-state index >= 15 is 4.39 Å². The molecular weight excluding hydrogens is 469 g/mol. The first-order valence-electron chi connectivity index (χ1n) is 11.6. The number of nitriles is 1. The van der Waals surface area contributed by atoms with Gasteiger partial charge >= 0.3 is 0 Å². The number of thiocarbonyl (C=S) groups is 1. The summed E-state index contributed by atoms with van der Waals surface area (Å²) in [5, 5.41) is 12.3. The van der Waals surface area contributed by atoms with E-state index in [1.54, 1.807) is 24.0 Å². The van der Waals surface area contributed by atoms with Crippen LogP contribution in [0.25, 0.3) is 0 Å². The molecule has 1 saturated carbocycles.